The Morgan fingerprint density at radius 1 is 1.33 bits per heavy atom. The molecule has 1 rings (SSSR count). The van der Waals surface area contributed by atoms with Gasteiger partial charge in [-0.3, -0.25) is 4.79 Å². The second kappa shape index (κ2) is 4.78. The molecule has 0 atom stereocenters. The zero-order chi connectivity index (χ0) is 11.4. The summed E-state index contributed by atoms with van der Waals surface area (Å²) in [6.07, 6.45) is 3.29. The SMILES string of the molecule is CC=CC(=O)c1cc(C)cc(C)c1OC. The maximum absolute atomic E-state index is 11.8. The quantitative estimate of drug-likeness (QED) is 0.558. The number of carbonyl (C=O) groups excluding carboxylic acids is 1. The van der Waals surface area contributed by atoms with Crippen molar-refractivity contribution < 1.29 is 9.53 Å². The zero-order valence-electron chi connectivity index (χ0n) is 9.63. The molecule has 1 aromatic rings. The summed E-state index contributed by atoms with van der Waals surface area (Å²) < 4.78 is 5.24. The Labute approximate surface area is 90.6 Å². The lowest BCUT2D eigenvalue weighted by molar-refractivity contribution is 0.104. The molecular weight excluding hydrogens is 188 g/mol. The molecule has 0 saturated carbocycles. The van der Waals surface area contributed by atoms with E-state index in [1.165, 1.54) is 0 Å². The first-order chi connectivity index (χ1) is 7.10. The monoisotopic (exact) mass is 204 g/mol. The largest absolute Gasteiger partial charge is 0.496 e. The number of ketones is 1. The molecule has 0 aromatic heterocycles. The average Bonchev–Trinajstić information content (AvgIpc) is 2.17. The van der Waals surface area contributed by atoms with Crippen LogP contribution in [-0.2, 0) is 0 Å². The first-order valence-electron chi connectivity index (χ1n) is 4.92. The van der Waals surface area contributed by atoms with E-state index in [0.29, 0.717) is 11.3 Å². The molecule has 0 N–H and O–H groups in total. The summed E-state index contributed by atoms with van der Waals surface area (Å²) in [6, 6.07) is 3.86. The van der Waals surface area contributed by atoms with Crippen molar-refractivity contribution in [3.63, 3.8) is 0 Å². The number of allylic oxidation sites excluding steroid dienone is 2. The summed E-state index contributed by atoms with van der Waals surface area (Å²) in [5, 5.41) is 0. The van der Waals surface area contributed by atoms with Crippen molar-refractivity contribution in [1.82, 2.24) is 0 Å². The van der Waals surface area contributed by atoms with Gasteiger partial charge in [0.05, 0.1) is 12.7 Å². The number of benzene rings is 1. The third-order valence-electron chi connectivity index (χ3n) is 2.21. The van der Waals surface area contributed by atoms with Gasteiger partial charge in [0.25, 0.3) is 0 Å². The van der Waals surface area contributed by atoms with E-state index < -0.39 is 0 Å². The molecule has 1 aromatic carbocycles. The molecule has 2 heteroatoms. The van der Waals surface area contributed by atoms with Gasteiger partial charge in [0.15, 0.2) is 5.78 Å². The summed E-state index contributed by atoms with van der Waals surface area (Å²) in [5.74, 6) is 0.657. The normalized spacial score (nSPS) is 10.7. The highest BCUT2D eigenvalue weighted by molar-refractivity contribution is 6.06. The Morgan fingerprint density at radius 2 is 2.00 bits per heavy atom. The second-order valence-corrected chi connectivity index (χ2v) is 3.53. The minimum atomic E-state index is -0.0128. The molecule has 0 saturated heterocycles. The van der Waals surface area contributed by atoms with Crippen LogP contribution in [0.2, 0.25) is 0 Å². The Kier molecular flexibility index (Phi) is 3.67. The standard InChI is InChI=1S/C13H16O2/c1-5-6-12(14)11-8-9(2)7-10(3)13(11)15-4/h5-8H,1-4H3. The Morgan fingerprint density at radius 3 is 2.53 bits per heavy atom. The van der Waals surface area contributed by atoms with Gasteiger partial charge in [-0.1, -0.05) is 12.1 Å². The summed E-state index contributed by atoms with van der Waals surface area (Å²) in [5.41, 5.74) is 2.69. The van der Waals surface area contributed by atoms with Gasteiger partial charge in [-0.05, 0) is 44.0 Å². The molecule has 0 aliphatic heterocycles. The van der Waals surface area contributed by atoms with Gasteiger partial charge in [-0.2, -0.15) is 0 Å². The van der Waals surface area contributed by atoms with E-state index in [2.05, 4.69) is 0 Å². The van der Waals surface area contributed by atoms with E-state index in [9.17, 15) is 4.79 Å². The van der Waals surface area contributed by atoms with Crippen LogP contribution in [0, 0.1) is 13.8 Å². The highest BCUT2D eigenvalue weighted by Gasteiger charge is 2.12. The van der Waals surface area contributed by atoms with Crippen molar-refractivity contribution in [3.05, 3.63) is 41.0 Å². The van der Waals surface area contributed by atoms with Crippen molar-refractivity contribution >= 4 is 5.78 Å². The Hall–Kier alpha value is -1.57. The highest BCUT2D eigenvalue weighted by atomic mass is 16.5. The van der Waals surface area contributed by atoms with Gasteiger partial charge in [0.2, 0.25) is 0 Å². The highest BCUT2D eigenvalue weighted by Crippen LogP contribution is 2.25. The van der Waals surface area contributed by atoms with E-state index in [1.54, 1.807) is 19.3 Å². The topological polar surface area (TPSA) is 26.3 Å². The van der Waals surface area contributed by atoms with E-state index in [1.807, 2.05) is 32.9 Å². The van der Waals surface area contributed by atoms with Crippen molar-refractivity contribution in [2.24, 2.45) is 0 Å². The third-order valence-corrected chi connectivity index (χ3v) is 2.21. The van der Waals surface area contributed by atoms with Crippen molar-refractivity contribution in [2.45, 2.75) is 20.8 Å². The molecule has 80 valence electrons. The Balaban J connectivity index is 3.32. The number of aryl methyl sites for hydroxylation is 2. The average molecular weight is 204 g/mol. The van der Waals surface area contributed by atoms with Gasteiger partial charge in [0, 0.05) is 0 Å². The van der Waals surface area contributed by atoms with E-state index >= 15 is 0 Å². The fourth-order valence-corrected chi connectivity index (χ4v) is 1.65. The molecule has 0 fully saturated rings. The maximum Gasteiger partial charge on any atom is 0.189 e. The van der Waals surface area contributed by atoms with E-state index in [-0.39, 0.29) is 5.78 Å². The van der Waals surface area contributed by atoms with E-state index in [4.69, 9.17) is 4.74 Å². The molecule has 0 spiro atoms. The van der Waals surface area contributed by atoms with E-state index in [0.717, 1.165) is 11.1 Å². The summed E-state index contributed by atoms with van der Waals surface area (Å²) in [6.45, 7) is 5.74. The molecule has 0 radical (unpaired) electrons. The van der Waals surface area contributed by atoms with Gasteiger partial charge in [-0.15, -0.1) is 0 Å². The fraction of sp³-hybridized carbons (Fsp3) is 0.308. The smallest absolute Gasteiger partial charge is 0.189 e. The van der Waals surface area contributed by atoms with Gasteiger partial charge in [-0.25, -0.2) is 0 Å². The van der Waals surface area contributed by atoms with Gasteiger partial charge < -0.3 is 4.74 Å². The number of rotatable bonds is 3. The number of hydrogen-bond acceptors (Lipinski definition) is 2. The van der Waals surface area contributed by atoms with Crippen LogP contribution in [-0.4, -0.2) is 12.9 Å². The lowest BCUT2D eigenvalue weighted by Gasteiger charge is -2.10. The third kappa shape index (κ3) is 2.46. The minimum Gasteiger partial charge on any atom is -0.496 e. The molecule has 0 bridgehead atoms. The van der Waals surface area contributed by atoms with Crippen LogP contribution in [0.5, 0.6) is 5.75 Å². The predicted molar refractivity (Wildman–Crippen MR) is 61.6 cm³/mol. The van der Waals surface area contributed by atoms with Crippen LogP contribution >= 0.6 is 0 Å². The van der Waals surface area contributed by atoms with Crippen LogP contribution < -0.4 is 4.74 Å². The molecule has 0 unspecified atom stereocenters. The van der Waals surface area contributed by atoms with Crippen LogP contribution in [0.15, 0.2) is 24.3 Å². The predicted octanol–water partition coefficient (Wildman–Crippen LogP) is 3.07. The number of ether oxygens (including phenoxy) is 1. The lowest BCUT2D eigenvalue weighted by Crippen LogP contribution is -2.01. The first kappa shape index (κ1) is 11.5. The molecule has 0 aliphatic rings. The number of methoxy groups -OCH3 is 1. The van der Waals surface area contributed by atoms with Crippen LogP contribution in [0.25, 0.3) is 0 Å². The van der Waals surface area contributed by atoms with Crippen molar-refractivity contribution in [1.29, 1.82) is 0 Å². The molecular formula is C13H16O2. The van der Waals surface area contributed by atoms with Crippen LogP contribution in [0.1, 0.15) is 28.4 Å². The van der Waals surface area contributed by atoms with Gasteiger partial charge >= 0.3 is 0 Å². The molecule has 0 heterocycles. The van der Waals surface area contributed by atoms with Crippen molar-refractivity contribution in [3.8, 4) is 5.75 Å². The van der Waals surface area contributed by atoms with Crippen LogP contribution in [0.3, 0.4) is 0 Å². The summed E-state index contributed by atoms with van der Waals surface area (Å²) in [7, 11) is 1.59. The number of hydrogen-bond donors (Lipinski definition) is 0. The second-order valence-electron chi connectivity index (χ2n) is 3.53. The summed E-state index contributed by atoms with van der Waals surface area (Å²) >= 11 is 0. The molecule has 0 aliphatic carbocycles. The molecule has 15 heavy (non-hydrogen) atoms. The lowest BCUT2D eigenvalue weighted by atomic mass is 10.0. The maximum atomic E-state index is 11.8. The molecule has 2 nitrogen and oxygen atoms in total. The molecule has 0 amide bonds. The number of carbonyl (C=O) groups is 1. The van der Waals surface area contributed by atoms with Crippen LogP contribution in [0.4, 0.5) is 0 Å². The zero-order valence-corrected chi connectivity index (χ0v) is 9.63. The summed E-state index contributed by atoms with van der Waals surface area (Å²) in [4.78, 5) is 11.8. The minimum absolute atomic E-state index is 0.0128. The first-order valence-corrected chi connectivity index (χ1v) is 4.92. The fourth-order valence-electron chi connectivity index (χ4n) is 1.65. The Bertz CT molecular complexity index is 403. The van der Waals surface area contributed by atoms with Crippen molar-refractivity contribution in [2.75, 3.05) is 7.11 Å². The van der Waals surface area contributed by atoms with Gasteiger partial charge in [0.1, 0.15) is 5.75 Å².